The standard InChI is InChI=1S/C27H32N4O/c1-20(2)22-10-8-21(9-11-22)17-31-13-5-12-27(18-31,26(28)32)14-23-6-3-4-7-25(23)24-15-29-19-30-16-24/h3-4,6-11,15-16,19-20H,5,12-14,17-18H2,1-2H3,(H2,28,32)/t27-/m0/s1. The fourth-order valence-corrected chi connectivity index (χ4v) is 4.82. The lowest BCUT2D eigenvalue weighted by atomic mass is 9.73. The number of hydrogen-bond acceptors (Lipinski definition) is 4. The zero-order valence-corrected chi connectivity index (χ0v) is 19.0. The Morgan fingerprint density at radius 3 is 2.50 bits per heavy atom. The van der Waals surface area contributed by atoms with E-state index in [9.17, 15) is 4.79 Å². The second-order valence-corrected chi connectivity index (χ2v) is 9.32. The number of likely N-dealkylation sites (tertiary alicyclic amines) is 1. The van der Waals surface area contributed by atoms with Crippen molar-refractivity contribution in [3.8, 4) is 11.1 Å². The molecule has 3 aromatic rings. The minimum atomic E-state index is -0.581. The Balaban J connectivity index is 1.56. The third-order valence-corrected chi connectivity index (χ3v) is 6.65. The lowest BCUT2D eigenvalue weighted by molar-refractivity contribution is -0.131. The van der Waals surface area contributed by atoms with Crippen LogP contribution >= 0.6 is 0 Å². The number of carbonyl (C=O) groups is 1. The molecule has 1 fully saturated rings. The van der Waals surface area contributed by atoms with Crippen LogP contribution in [0.1, 0.15) is 49.3 Å². The molecule has 166 valence electrons. The highest BCUT2D eigenvalue weighted by molar-refractivity contribution is 5.82. The molecule has 5 nitrogen and oxygen atoms in total. The summed E-state index contributed by atoms with van der Waals surface area (Å²) in [5.74, 6) is 0.313. The molecule has 0 radical (unpaired) electrons. The zero-order chi connectivity index (χ0) is 22.6. The van der Waals surface area contributed by atoms with Crippen LogP contribution in [0.25, 0.3) is 11.1 Å². The molecule has 2 heterocycles. The Bertz CT molecular complexity index is 1050. The number of rotatable bonds is 7. The van der Waals surface area contributed by atoms with Crippen molar-refractivity contribution in [2.45, 2.75) is 45.6 Å². The quantitative estimate of drug-likeness (QED) is 0.598. The first kappa shape index (κ1) is 22.2. The highest BCUT2D eigenvalue weighted by Gasteiger charge is 2.41. The Labute approximate surface area is 190 Å². The van der Waals surface area contributed by atoms with Crippen LogP contribution in [0.3, 0.4) is 0 Å². The third-order valence-electron chi connectivity index (χ3n) is 6.65. The van der Waals surface area contributed by atoms with E-state index in [0.29, 0.717) is 18.9 Å². The molecule has 1 atom stereocenters. The average molecular weight is 429 g/mol. The summed E-state index contributed by atoms with van der Waals surface area (Å²) < 4.78 is 0. The fourth-order valence-electron chi connectivity index (χ4n) is 4.82. The molecule has 0 saturated carbocycles. The summed E-state index contributed by atoms with van der Waals surface area (Å²) in [5.41, 5.74) is 11.2. The van der Waals surface area contributed by atoms with Gasteiger partial charge in [0.2, 0.25) is 5.91 Å². The second kappa shape index (κ2) is 9.61. The largest absolute Gasteiger partial charge is 0.369 e. The summed E-state index contributed by atoms with van der Waals surface area (Å²) in [6.45, 7) is 6.91. The first-order chi connectivity index (χ1) is 15.5. The molecule has 2 N–H and O–H groups in total. The van der Waals surface area contributed by atoms with Gasteiger partial charge in [-0.15, -0.1) is 0 Å². The topological polar surface area (TPSA) is 72.1 Å². The van der Waals surface area contributed by atoms with Gasteiger partial charge in [-0.2, -0.15) is 0 Å². The SMILES string of the molecule is CC(C)c1ccc(CN2CCC[C@@](Cc3ccccc3-c3cncnc3)(C(N)=O)C2)cc1. The molecule has 1 amide bonds. The molecular weight excluding hydrogens is 396 g/mol. The van der Waals surface area contributed by atoms with Gasteiger partial charge in [0, 0.05) is 31.0 Å². The van der Waals surface area contributed by atoms with Gasteiger partial charge < -0.3 is 5.73 Å². The zero-order valence-electron chi connectivity index (χ0n) is 19.0. The van der Waals surface area contributed by atoms with Crippen molar-refractivity contribution >= 4 is 5.91 Å². The van der Waals surface area contributed by atoms with Gasteiger partial charge in [-0.05, 0) is 54.0 Å². The molecule has 4 rings (SSSR count). The number of aromatic nitrogens is 2. The van der Waals surface area contributed by atoms with E-state index in [0.717, 1.165) is 42.6 Å². The van der Waals surface area contributed by atoms with Crippen LogP contribution in [-0.2, 0) is 17.8 Å². The molecule has 1 aliphatic heterocycles. The Kier molecular flexibility index (Phi) is 6.66. The van der Waals surface area contributed by atoms with Crippen LogP contribution in [0.2, 0.25) is 0 Å². The highest BCUT2D eigenvalue weighted by Crippen LogP contribution is 2.37. The van der Waals surface area contributed by atoms with Gasteiger partial charge in [-0.1, -0.05) is 62.4 Å². The molecule has 2 aromatic carbocycles. The molecular formula is C27H32N4O. The number of hydrogen-bond donors (Lipinski definition) is 1. The maximum absolute atomic E-state index is 12.8. The first-order valence-corrected chi connectivity index (χ1v) is 11.4. The van der Waals surface area contributed by atoms with Crippen LogP contribution < -0.4 is 5.73 Å². The molecule has 5 heteroatoms. The van der Waals surface area contributed by atoms with Crippen molar-refractivity contribution in [3.05, 3.63) is 83.9 Å². The number of benzene rings is 2. The normalized spacial score (nSPS) is 19.2. The maximum atomic E-state index is 12.8. The summed E-state index contributed by atoms with van der Waals surface area (Å²) in [6.07, 6.45) is 7.56. The molecule has 0 unspecified atom stereocenters. The van der Waals surface area contributed by atoms with Crippen molar-refractivity contribution in [2.75, 3.05) is 13.1 Å². The predicted molar refractivity (Wildman–Crippen MR) is 128 cm³/mol. The minimum absolute atomic E-state index is 0.212. The molecule has 0 aliphatic carbocycles. The van der Waals surface area contributed by atoms with E-state index < -0.39 is 5.41 Å². The van der Waals surface area contributed by atoms with Gasteiger partial charge in [-0.3, -0.25) is 9.69 Å². The summed E-state index contributed by atoms with van der Waals surface area (Å²) in [6, 6.07) is 17.0. The monoisotopic (exact) mass is 428 g/mol. The van der Waals surface area contributed by atoms with Gasteiger partial charge in [0.15, 0.2) is 0 Å². The van der Waals surface area contributed by atoms with Gasteiger partial charge in [0.25, 0.3) is 0 Å². The predicted octanol–water partition coefficient (Wildman–Crippen LogP) is 4.58. The van der Waals surface area contributed by atoms with Crippen molar-refractivity contribution < 1.29 is 4.79 Å². The molecule has 1 aromatic heterocycles. The average Bonchev–Trinajstić information content (AvgIpc) is 2.80. The van der Waals surface area contributed by atoms with Gasteiger partial charge in [0.05, 0.1) is 5.41 Å². The molecule has 32 heavy (non-hydrogen) atoms. The summed E-state index contributed by atoms with van der Waals surface area (Å²) in [5, 5.41) is 0. The maximum Gasteiger partial charge on any atom is 0.225 e. The molecule has 0 bridgehead atoms. The number of amides is 1. The van der Waals surface area contributed by atoms with E-state index >= 15 is 0 Å². The second-order valence-electron chi connectivity index (χ2n) is 9.32. The van der Waals surface area contributed by atoms with Crippen LogP contribution in [0.4, 0.5) is 0 Å². The summed E-state index contributed by atoms with van der Waals surface area (Å²) >= 11 is 0. The molecule has 1 saturated heterocycles. The van der Waals surface area contributed by atoms with E-state index in [1.54, 1.807) is 0 Å². The minimum Gasteiger partial charge on any atom is -0.369 e. The van der Waals surface area contributed by atoms with E-state index in [1.165, 1.54) is 17.5 Å². The Hall–Kier alpha value is -3.05. The summed E-state index contributed by atoms with van der Waals surface area (Å²) in [4.78, 5) is 23.5. The first-order valence-electron chi connectivity index (χ1n) is 11.4. The van der Waals surface area contributed by atoms with E-state index in [-0.39, 0.29) is 5.91 Å². The lowest BCUT2D eigenvalue weighted by Gasteiger charge is -2.41. The van der Waals surface area contributed by atoms with Gasteiger partial charge in [0.1, 0.15) is 6.33 Å². The van der Waals surface area contributed by atoms with Crippen molar-refractivity contribution in [1.29, 1.82) is 0 Å². The number of primary amides is 1. The van der Waals surface area contributed by atoms with E-state index in [4.69, 9.17) is 5.73 Å². The Morgan fingerprint density at radius 2 is 1.81 bits per heavy atom. The number of piperidine rings is 1. The van der Waals surface area contributed by atoms with Gasteiger partial charge in [-0.25, -0.2) is 9.97 Å². The van der Waals surface area contributed by atoms with E-state index in [2.05, 4.69) is 65.1 Å². The fraction of sp³-hybridized carbons (Fsp3) is 0.370. The van der Waals surface area contributed by atoms with Gasteiger partial charge >= 0.3 is 0 Å². The van der Waals surface area contributed by atoms with E-state index in [1.807, 2.05) is 24.5 Å². The lowest BCUT2D eigenvalue weighted by Crippen LogP contribution is -2.51. The third kappa shape index (κ3) is 4.89. The molecule has 1 aliphatic rings. The highest BCUT2D eigenvalue weighted by atomic mass is 16.1. The number of nitrogens with two attached hydrogens (primary N) is 1. The summed E-state index contributed by atoms with van der Waals surface area (Å²) in [7, 11) is 0. The number of carbonyl (C=O) groups excluding carboxylic acids is 1. The smallest absolute Gasteiger partial charge is 0.225 e. The van der Waals surface area contributed by atoms with Crippen LogP contribution in [-0.4, -0.2) is 33.9 Å². The van der Waals surface area contributed by atoms with Crippen molar-refractivity contribution in [3.63, 3.8) is 0 Å². The van der Waals surface area contributed by atoms with Crippen molar-refractivity contribution in [2.24, 2.45) is 11.1 Å². The van der Waals surface area contributed by atoms with Crippen LogP contribution in [0.15, 0.2) is 67.3 Å². The van der Waals surface area contributed by atoms with Crippen molar-refractivity contribution in [1.82, 2.24) is 14.9 Å². The Morgan fingerprint density at radius 1 is 1.09 bits per heavy atom. The molecule has 0 spiro atoms. The number of nitrogens with zero attached hydrogens (tertiary/aromatic N) is 3. The van der Waals surface area contributed by atoms with Crippen LogP contribution in [0.5, 0.6) is 0 Å². The van der Waals surface area contributed by atoms with Crippen LogP contribution in [0, 0.1) is 5.41 Å².